The van der Waals surface area contributed by atoms with Crippen LogP contribution in [0.4, 0.5) is 0 Å². The minimum Gasteiger partial charge on any atom is -0.497 e. The molecule has 0 radical (unpaired) electrons. The Bertz CT molecular complexity index is 908. The molecule has 0 spiro atoms. The first-order valence-electron chi connectivity index (χ1n) is 8.01. The van der Waals surface area contributed by atoms with Crippen LogP contribution in [0.2, 0.25) is 0 Å². The number of ketones is 1. The van der Waals surface area contributed by atoms with Crippen LogP contribution < -0.4 is 4.74 Å². The summed E-state index contributed by atoms with van der Waals surface area (Å²) >= 11 is 0. The summed E-state index contributed by atoms with van der Waals surface area (Å²) in [6.07, 6.45) is 0. The van der Waals surface area contributed by atoms with Crippen LogP contribution in [0.25, 0.3) is 11.4 Å². The summed E-state index contributed by atoms with van der Waals surface area (Å²) in [7, 11) is 1.61. The molecule has 0 unspecified atom stereocenters. The summed E-state index contributed by atoms with van der Waals surface area (Å²) in [6.45, 7) is 5.97. The molecule has 3 aromatic rings. The van der Waals surface area contributed by atoms with Gasteiger partial charge in [0.2, 0.25) is 5.82 Å². The molecule has 0 fully saturated rings. The van der Waals surface area contributed by atoms with Crippen LogP contribution in [0.15, 0.2) is 36.4 Å². The van der Waals surface area contributed by atoms with Gasteiger partial charge in [-0.25, -0.2) is 0 Å². The van der Waals surface area contributed by atoms with Gasteiger partial charge in [-0.3, -0.25) is 4.79 Å². The summed E-state index contributed by atoms with van der Waals surface area (Å²) in [5.74, 6) is 1.16. The lowest BCUT2D eigenvalue weighted by Gasteiger charge is -2.09. The molecule has 0 aliphatic carbocycles. The number of tetrazole rings is 1. The van der Waals surface area contributed by atoms with Gasteiger partial charge < -0.3 is 4.74 Å². The Balaban J connectivity index is 1.83. The molecule has 0 atom stereocenters. The summed E-state index contributed by atoms with van der Waals surface area (Å²) in [6, 6.07) is 11.4. The number of carbonyl (C=O) groups is 1. The van der Waals surface area contributed by atoms with E-state index in [1.54, 1.807) is 7.11 Å². The number of hydrogen-bond donors (Lipinski definition) is 0. The molecule has 2 aromatic carbocycles. The van der Waals surface area contributed by atoms with Gasteiger partial charge in [0.15, 0.2) is 5.78 Å². The molecule has 0 amide bonds. The van der Waals surface area contributed by atoms with E-state index in [2.05, 4.69) is 15.4 Å². The van der Waals surface area contributed by atoms with Crippen LogP contribution in [-0.4, -0.2) is 33.1 Å². The highest BCUT2D eigenvalue weighted by Crippen LogP contribution is 2.20. The van der Waals surface area contributed by atoms with E-state index in [-0.39, 0.29) is 12.3 Å². The third kappa shape index (κ3) is 3.57. The molecular formula is C19H20N4O2. The summed E-state index contributed by atoms with van der Waals surface area (Å²) in [5, 5.41) is 12.4. The molecule has 6 nitrogen and oxygen atoms in total. The Hall–Kier alpha value is -3.02. The van der Waals surface area contributed by atoms with Crippen LogP contribution in [0.5, 0.6) is 5.75 Å². The zero-order chi connectivity index (χ0) is 18.0. The Morgan fingerprint density at radius 2 is 1.84 bits per heavy atom. The normalized spacial score (nSPS) is 10.7. The van der Waals surface area contributed by atoms with Gasteiger partial charge in [-0.05, 0) is 49.2 Å². The molecule has 6 heteroatoms. The second kappa shape index (κ2) is 6.84. The Morgan fingerprint density at radius 3 is 2.52 bits per heavy atom. The number of benzene rings is 2. The lowest BCUT2D eigenvalue weighted by Crippen LogP contribution is -2.15. The van der Waals surface area contributed by atoms with Gasteiger partial charge in [-0.1, -0.05) is 29.8 Å². The van der Waals surface area contributed by atoms with E-state index in [0.29, 0.717) is 5.82 Å². The van der Waals surface area contributed by atoms with Gasteiger partial charge in [0.1, 0.15) is 12.3 Å². The average molecular weight is 336 g/mol. The van der Waals surface area contributed by atoms with E-state index in [9.17, 15) is 4.79 Å². The number of rotatable bonds is 5. The quantitative estimate of drug-likeness (QED) is 0.669. The molecule has 0 N–H and O–H groups in total. The van der Waals surface area contributed by atoms with Gasteiger partial charge in [0.05, 0.1) is 7.11 Å². The van der Waals surface area contributed by atoms with Crippen molar-refractivity contribution in [1.29, 1.82) is 0 Å². The molecule has 1 aromatic heterocycles. The van der Waals surface area contributed by atoms with E-state index in [1.807, 2.05) is 57.2 Å². The van der Waals surface area contributed by atoms with E-state index in [4.69, 9.17) is 4.74 Å². The minimum atomic E-state index is -0.0235. The van der Waals surface area contributed by atoms with Crippen LogP contribution in [0.1, 0.15) is 27.0 Å². The first kappa shape index (κ1) is 16.8. The number of ether oxygens (including phenoxy) is 1. The Kier molecular flexibility index (Phi) is 4.61. The number of aromatic nitrogens is 4. The second-order valence-corrected chi connectivity index (χ2v) is 6.07. The molecular weight excluding hydrogens is 316 g/mol. The number of aryl methyl sites for hydroxylation is 3. The first-order chi connectivity index (χ1) is 12.0. The third-order valence-electron chi connectivity index (χ3n) is 4.02. The second-order valence-electron chi connectivity index (χ2n) is 6.07. The molecule has 3 rings (SSSR count). The van der Waals surface area contributed by atoms with Crippen LogP contribution in [-0.2, 0) is 6.54 Å². The van der Waals surface area contributed by atoms with Crippen molar-refractivity contribution >= 4 is 5.78 Å². The lowest BCUT2D eigenvalue weighted by molar-refractivity contribution is 0.0960. The van der Waals surface area contributed by atoms with Crippen molar-refractivity contribution in [2.45, 2.75) is 27.3 Å². The van der Waals surface area contributed by atoms with Crippen LogP contribution >= 0.6 is 0 Å². The van der Waals surface area contributed by atoms with Crippen molar-refractivity contribution in [1.82, 2.24) is 20.2 Å². The molecule has 25 heavy (non-hydrogen) atoms. The smallest absolute Gasteiger partial charge is 0.205 e. The fourth-order valence-electron chi connectivity index (χ4n) is 3.02. The topological polar surface area (TPSA) is 69.9 Å². The zero-order valence-electron chi connectivity index (χ0n) is 14.8. The monoisotopic (exact) mass is 336 g/mol. The average Bonchev–Trinajstić information content (AvgIpc) is 3.02. The summed E-state index contributed by atoms with van der Waals surface area (Å²) < 4.78 is 5.20. The highest BCUT2D eigenvalue weighted by atomic mass is 16.5. The SMILES string of the molecule is COc1cccc(-c2nnn(CC(=O)c3c(C)cc(C)cc3C)n2)c1. The fraction of sp³-hybridized carbons (Fsp3) is 0.263. The van der Waals surface area contributed by atoms with Crippen LogP contribution in [0.3, 0.4) is 0 Å². The summed E-state index contributed by atoms with van der Waals surface area (Å²) in [5.41, 5.74) is 4.60. The van der Waals surface area contributed by atoms with E-state index >= 15 is 0 Å². The van der Waals surface area contributed by atoms with E-state index in [1.165, 1.54) is 4.80 Å². The van der Waals surface area contributed by atoms with Gasteiger partial charge in [-0.15, -0.1) is 10.2 Å². The molecule has 0 saturated carbocycles. The molecule has 1 heterocycles. The summed E-state index contributed by atoms with van der Waals surface area (Å²) in [4.78, 5) is 14.0. The van der Waals surface area contributed by atoms with Crippen molar-refractivity contribution < 1.29 is 9.53 Å². The van der Waals surface area contributed by atoms with Gasteiger partial charge in [0.25, 0.3) is 0 Å². The van der Waals surface area contributed by atoms with Crippen molar-refractivity contribution in [2.24, 2.45) is 0 Å². The minimum absolute atomic E-state index is 0.0235. The maximum absolute atomic E-state index is 12.7. The molecule has 128 valence electrons. The van der Waals surface area contributed by atoms with Gasteiger partial charge in [-0.2, -0.15) is 4.80 Å². The largest absolute Gasteiger partial charge is 0.497 e. The number of nitrogens with zero attached hydrogens (tertiary/aromatic N) is 4. The molecule has 0 aliphatic heterocycles. The molecule has 0 aliphatic rings. The first-order valence-corrected chi connectivity index (χ1v) is 8.01. The van der Waals surface area contributed by atoms with E-state index < -0.39 is 0 Å². The molecule has 0 bridgehead atoms. The standard InChI is InChI=1S/C19H20N4O2/c1-12-8-13(2)18(14(3)9-12)17(24)11-23-21-19(20-22-23)15-6-5-7-16(10-15)25-4/h5-10H,11H2,1-4H3. The van der Waals surface area contributed by atoms with Gasteiger partial charge >= 0.3 is 0 Å². The molecule has 0 saturated heterocycles. The van der Waals surface area contributed by atoms with Crippen molar-refractivity contribution in [3.05, 3.63) is 58.7 Å². The Morgan fingerprint density at radius 1 is 1.12 bits per heavy atom. The van der Waals surface area contributed by atoms with Crippen LogP contribution in [0, 0.1) is 20.8 Å². The fourth-order valence-corrected chi connectivity index (χ4v) is 3.02. The lowest BCUT2D eigenvalue weighted by atomic mass is 9.97. The predicted octanol–water partition coefficient (Wildman–Crippen LogP) is 3.16. The number of Topliss-reactive ketones (excluding diaryl/α,β-unsaturated/α-hetero) is 1. The highest BCUT2D eigenvalue weighted by Gasteiger charge is 2.15. The van der Waals surface area contributed by atoms with Crippen molar-refractivity contribution in [3.8, 4) is 17.1 Å². The highest BCUT2D eigenvalue weighted by molar-refractivity contribution is 5.98. The number of hydrogen-bond acceptors (Lipinski definition) is 5. The van der Waals surface area contributed by atoms with Crippen molar-refractivity contribution in [3.63, 3.8) is 0 Å². The number of carbonyl (C=O) groups excluding carboxylic acids is 1. The zero-order valence-corrected chi connectivity index (χ0v) is 14.8. The van der Waals surface area contributed by atoms with Gasteiger partial charge in [0, 0.05) is 11.1 Å². The Labute approximate surface area is 146 Å². The third-order valence-corrected chi connectivity index (χ3v) is 4.02. The predicted molar refractivity (Wildman–Crippen MR) is 94.8 cm³/mol. The number of methoxy groups -OCH3 is 1. The maximum Gasteiger partial charge on any atom is 0.205 e. The maximum atomic E-state index is 12.7. The van der Waals surface area contributed by atoms with E-state index in [0.717, 1.165) is 33.6 Å². The van der Waals surface area contributed by atoms with Crippen molar-refractivity contribution in [2.75, 3.05) is 7.11 Å².